The predicted molar refractivity (Wildman–Crippen MR) is 120 cm³/mol. The normalized spacial score (nSPS) is 10.8. The van der Waals surface area contributed by atoms with Crippen LogP contribution in [-0.2, 0) is 17.9 Å². The van der Waals surface area contributed by atoms with Gasteiger partial charge in [-0.25, -0.2) is 4.39 Å². The second kappa shape index (κ2) is 9.66. The smallest absolute Gasteiger partial charge is 0.257 e. The lowest BCUT2D eigenvalue weighted by Gasteiger charge is -2.10. The molecule has 0 fully saturated rings. The van der Waals surface area contributed by atoms with Crippen molar-refractivity contribution in [2.24, 2.45) is 0 Å². The zero-order valence-corrected chi connectivity index (χ0v) is 18.3. The van der Waals surface area contributed by atoms with Crippen molar-refractivity contribution in [1.29, 1.82) is 0 Å². The van der Waals surface area contributed by atoms with Gasteiger partial charge in [-0.15, -0.1) is 0 Å². The van der Waals surface area contributed by atoms with Crippen LogP contribution in [0.2, 0.25) is 5.02 Å². The maximum Gasteiger partial charge on any atom is 0.257 e. The van der Waals surface area contributed by atoms with E-state index in [0.717, 1.165) is 5.56 Å². The summed E-state index contributed by atoms with van der Waals surface area (Å²) in [6.07, 6.45) is 3.29. The van der Waals surface area contributed by atoms with Gasteiger partial charge in [0.2, 0.25) is 5.91 Å². The molecule has 0 aliphatic rings. The second-order valence-electron chi connectivity index (χ2n) is 7.19. The molecule has 4 rings (SSSR count). The van der Waals surface area contributed by atoms with Gasteiger partial charge in [0.05, 0.1) is 10.6 Å². The van der Waals surface area contributed by atoms with Gasteiger partial charge in [-0.2, -0.15) is 5.10 Å². The number of carbonyl (C=O) groups excluding carboxylic acids is 2. The molecule has 0 atom stereocenters. The second-order valence-corrected chi connectivity index (χ2v) is 7.60. The molecule has 0 unspecified atom stereocenters. The summed E-state index contributed by atoms with van der Waals surface area (Å²) >= 11 is 6.13. The zero-order valence-electron chi connectivity index (χ0n) is 17.5. The first-order valence-corrected chi connectivity index (χ1v) is 10.3. The first-order chi connectivity index (χ1) is 15.9. The van der Waals surface area contributed by atoms with E-state index in [1.807, 2.05) is 0 Å². The molecule has 2 N–H and O–H groups in total. The summed E-state index contributed by atoms with van der Waals surface area (Å²) in [4.78, 5) is 25.1. The summed E-state index contributed by atoms with van der Waals surface area (Å²) < 4.78 is 21.0. The van der Waals surface area contributed by atoms with E-state index in [-0.39, 0.29) is 46.6 Å². The third kappa shape index (κ3) is 5.09. The van der Waals surface area contributed by atoms with Gasteiger partial charge in [0.1, 0.15) is 29.4 Å². The van der Waals surface area contributed by atoms with E-state index in [4.69, 9.17) is 16.1 Å². The third-order valence-corrected chi connectivity index (χ3v) is 5.13. The van der Waals surface area contributed by atoms with E-state index < -0.39 is 11.7 Å². The van der Waals surface area contributed by atoms with E-state index in [2.05, 4.69) is 20.9 Å². The number of halogens is 2. The first-order valence-electron chi connectivity index (χ1n) is 9.97. The molecular formula is C23H19ClFN5O3. The zero-order chi connectivity index (χ0) is 23.4. The van der Waals surface area contributed by atoms with Gasteiger partial charge in [-0.3, -0.25) is 14.3 Å². The minimum atomic E-state index is -0.608. The highest BCUT2D eigenvalue weighted by Crippen LogP contribution is 2.33. The van der Waals surface area contributed by atoms with Gasteiger partial charge in [0.25, 0.3) is 5.91 Å². The SMILES string of the molecule is Cc1onc(-c2c(F)cccc2Cl)c1C(=O)NCc1cccc(NC(=O)Cn2cccn2)c1. The van der Waals surface area contributed by atoms with Crippen molar-refractivity contribution in [3.63, 3.8) is 0 Å². The molecule has 0 radical (unpaired) electrons. The standard InChI is InChI=1S/C23H19ClFN5O3/c1-14-20(22(29-33-14)21-17(24)7-3-8-18(21)25)23(32)26-12-15-5-2-6-16(11-15)28-19(31)13-30-10-4-9-27-30/h2-11H,12-13H2,1H3,(H,26,32)(H,28,31). The molecule has 8 nitrogen and oxygen atoms in total. The fourth-order valence-corrected chi connectivity index (χ4v) is 3.56. The van der Waals surface area contributed by atoms with E-state index in [0.29, 0.717) is 5.69 Å². The number of benzene rings is 2. The Morgan fingerprint density at radius 2 is 2.00 bits per heavy atom. The Labute approximate surface area is 193 Å². The van der Waals surface area contributed by atoms with Crippen molar-refractivity contribution < 1.29 is 18.5 Å². The topological polar surface area (TPSA) is 102 Å². The van der Waals surface area contributed by atoms with Crippen molar-refractivity contribution in [3.05, 3.63) is 88.7 Å². The maximum atomic E-state index is 14.4. The van der Waals surface area contributed by atoms with Gasteiger partial charge in [-0.05, 0) is 42.8 Å². The minimum Gasteiger partial charge on any atom is -0.360 e. The van der Waals surface area contributed by atoms with Crippen LogP contribution in [0.15, 0.2) is 65.4 Å². The number of nitrogens with zero attached hydrogens (tertiary/aromatic N) is 3. The van der Waals surface area contributed by atoms with Gasteiger partial charge in [0.15, 0.2) is 0 Å². The lowest BCUT2D eigenvalue weighted by Crippen LogP contribution is -2.24. The fraction of sp³-hybridized carbons (Fsp3) is 0.130. The van der Waals surface area contributed by atoms with Crippen LogP contribution < -0.4 is 10.6 Å². The summed E-state index contributed by atoms with van der Waals surface area (Å²) in [5.41, 5.74) is 1.47. The Morgan fingerprint density at radius 3 is 2.76 bits per heavy atom. The van der Waals surface area contributed by atoms with Crippen LogP contribution >= 0.6 is 11.6 Å². The van der Waals surface area contributed by atoms with Crippen molar-refractivity contribution in [1.82, 2.24) is 20.3 Å². The fourth-order valence-electron chi connectivity index (χ4n) is 3.31. The molecule has 10 heteroatoms. The Bertz CT molecular complexity index is 1280. The van der Waals surface area contributed by atoms with Gasteiger partial charge in [-0.1, -0.05) is 35.0 Å². The van der Waals surface area contributed by atoms with E-state index in [9.17, 15) is 14.0 Å². The van der Waals surface area contributed by atoms with E-state index in [1.54, 1.807) is 49.6 Å². The molecule has 2 amide bonds. The largest absolute Gasteiger partial charge is 0.360 e. The Balaban J connectivity index is 1.45. The number of nitrogens with one attached hydrogen (secondary N) is 2. The Hall–Kier alpha value is -3.98. The molecule has 4 aromatic rings. The minimum absolute atomic E-state index is 0.00283. The van der Waals surface area contributed by atoms with Crippen LogP contribution in [-0.4, -0.2) is 26.8 Å². The number of carbonyl (C=O) groups is 2. The summed E-state index contributed by atoms with van der Waals surface area (Å²) in [5, 5.41) is 13.5. The summed E-state index contributed by atoms with van der Waals surface area (Å²) in [6.45, 7) is 1.81. The Morgan fingerprint density at radius 1 is 1.18 bits per heavy atom. The summed E-state index contributed by atoms with van der Waals surface area (Å²) in [7, 11) is 0. The molecule has 0 saturated carbocycles. The van der Waals surface area contributed by atoms with Crippen molar-refractivity contribution in [2.75, 3.05) is 5.32 Å². The van der Waals surface area contributed by atoms with Gasteiger partial charge in [0, 0.05) is 24.6 Å². The molecule has 0 aliphatic heterocycles. The number of hydrogen-bond donors (Lipinski definition) is 2. The molecule has 0 saturated heterocycles. The van der Waals surface area contributed by atoms with Crippen LogP contribution in [0.1, 0.15) is 21.7 Å². The summed E-state index contributed by atoms with van der Waals surface area (Å²) in [5.74, 6) is -1.09. The number of aryl methyl sites for hydroxylation is 1. The van der Waals surface area contributed by atoms with Crippen LogP contribution in [0.4, 0.5) is 10.1 Å². The summed E-state index contributed by atoms with van der Waals surface area (Å²) in [6, 6.07) is 13.0. The molecule has 2 heterocycles. The third-order valence-electron chi connectivity index (χ3n) is 4.82. The van der Waals surface area contributed by atoms with Crippen molar-refractivity contribution in [2.45, 2.75) is 20.0 Å². The number of aromatic nitrogens is 3. The first kappa shape index (κ1) is 22.2. The number of hydrogen-bond acceptors (Lipinski definition) is 5. The molecule has 33 heavy (non-hydrogen) atoms. The molecule has 0 bridgehead atoms. The lowest BCUT2D eigenvalue weighted by atomic mass is 10.0. The Kier molecular flexibility index (Phi) is 6.50. The molecular weight excluding hydrogens is 449 g/mol. The average Bonchev–Trinajstić information content (AvgIpc) is 3.42. The van der Waals surface area contributed by atoms with Crippen LogP contribution in [0, 0.1) is 12.7 Å². The highest BCUT2D eigenvalue weighted by atomic mass is 35.5. The number of rotatable bonds is 7. The molecule has 0 spiro atoms. The van der Waals surface area contributed by atoms with Gasteiger partial charge < -0.3 is 15.2 Å². The van der Waals surface area contributed by atoms with Crippen LogP contribution in [0.5, 0.6) is 0 Å². The van der Waals surface area contributed by atoms with E-state index in [1.165, 1.54) is 22.9 Å². The number of anilines is 1. The van der Waals surface area contributed by atoms with Crippen LogP contribution in [0.3, 0.4) is 0 Å². The predicted octanol–water partition coefficient (Wildman–Crippen LogP) is 4.21. The highest BCUT2D eigenvalue weighted by Gasteiger charge is 2.25. The van der Waals surface area contributed by atoms with Crippen molar-refractivity contribution >= 4 is 29.1 Å². The van der Waals surface area contributed by atoms with E-state index >= 15 is 0 Å². The number of amides is 2. The lowest BCUT2D eigenvalue weighted by molar-refractivity contribution is -0.116. The van der Waals surface area contributed by atoms with Crippen molar-refractivity contribution in [3.8, 4) is 11.3 Å². The molecule has 2 aromatic carbocycles. The monoisotopic (exact) mass is 467 g/mol. The maximum absolute atomic E-state index is 14.4. The molecule has 0 aliphatic carbocycles. The van der Waals surface area contributed by atoms with Gasteiger partial charge >= 0.3 is 0 Å². The average molecular weight is 468 g/mol. The molecule has 168 valence electrons. The highest BCUT2D eigenvalue weighted by molar-refractivity contribution is 6.33. The quantitative estimate of drug-likeness (QED) is 0.424. The molecule has 2 aromatic heterocycles. The van der Waals surface area contributed by atoms with Crippen LogP contribution in [0.25, 0.3) is 11.3 Å².